The molecule has 2 N–H and O–H groups in total. The Bertz CT molecular complexity index is 749. The van der Waals surface area contributed by atoms with E-state index in [0.717, 1.165) is 5.56 Å². The lowest BCUT2D eigenvalue weighted by atomic mass is 9.98. The van der Waals surface area contributed by atoms with E-state index in [-0.39, 0.29) is 27.9 Å². The molecular weight excluding hydrogens is 316 g/mol. The van der Waals surface area contributed by atoms with Crippen molar-refractivity contribution in [1.29, 1.82) is 0 Å². The molecule has 1 aliphatic rings. The Kier molecular flexibility index (Phi) is 3.61. The average molecular weight is 326 g/mol. The maximum atomic E-state index is 13.5. The lowest BCUT2D eigenvalue weighted by Gasteiger charge is -2.16. The molecule has 0 saturated carbocycles. The summed E-state index contributed by atoms with van der Waals surface area (Å²) in [5.41, 5.74) is 1.99. The number of nitrogens with one attached hydrogen (secondary N) is 1. The lowest BCUT2D eigenvalue weighted by Crippen LogP contribution is -2.03. The predicted octanol–water partition coefficient (Wildman–Crippen LogP) is 3.71. The van der Waals surface area contributed by atoms with E-state index >= 15 is 0 Å². The molecule has 3 rings (SSSR count). The van der Waals surface area contributed by atoms with Crippen molar-refractivity contribution in [3.8, 4) is 0 Å². The summed E-state index contributed by atoms with van der Waals surface area (Å²) in [4.78, 5) is 11.4. The molecule has 1 heterocycles. The van der Waals surface area contributed by atoms with Gasteiger partial charge >= 0.3 is 0 Å². The first kappa shape index (κ1) is 14.3. The van der Waals surface area contributed by atoms with Gasteiger partial charge in [0.05, 0.1) is 11.4 Å². The highest BCUT2D eigenvalue weighted by molar-refractivity contribution is 6.32. The van der Waals surface area contributed by atoms with E-state index in [1.807, 2.05) is 0 Å². The third-order valence-electron chi connectivity index (χ3n) is 3.42. The van der Waals surface area contributed by atoms with E-state index in [1.165, 1.54) is 18.2 Å². The van der Waals surface area contributed by atoms with Gasteiger partial charge in [0.1, 0.15) is 11.9 Å². The third-order valence-corrected chi connectivity index (χ3v) is 4.14. The Labute approximate surface area is 130 Å². The van der Waals surface area contributed by atoms with Gasteiger partial charge in [-0.25, -0.2) is 4.39 Å². The second-order valence-electron chi connectivity index (χ2n) is 4.80. The van der Waals surface area contributed by atoms with Gasteiger partial charge in [-0.15, -0.1) is 0 Å². The SMILES string of the molecule is O=C1Cc2cc(C(O)c3cccc(F)c3Cl)c(Cl)cc2N1. The van der Waals surface area contributed by atoms with Gasteiger partial charge in [-0.2, -0.15) is 0 Å². The molecule has 0 bridgehead atoms. The van der Waals surface area contributed by atoms with Crippen LogP contribution in [0.3, 0.4) is 0 Å². The molecule has 3 nitrogen and oxygen atoms in total. The van der Waals surface area contributed by atoms with Crippen molar-refractivity contribution in [2.75, 3.05) is 5.32 Å². The maximum absolute atomic E-state index is 13.5. The zero-order valence-electron chi connectivity index (χ0n) is 10.7. The topological polar surface area (TPSA) is 49.3 Å². The van der Waals surface area contributed by atoms with Crippen molar-refractivity contribution in [2.24, 2.45) is 0 Å². The molecule has 21 heavy (non-hydrogen) atoms. The summed E-state index contributed by atoms with van der Waals surface area (Å²) >= 11 is 12.0. The number of hydrogen-bond acceptors (Lipinski definition) is 2. The third kappa shape index (κ3) is 2.50. The number of rotatable bonds is 2. The quantitative estimate of drug-likeness (QED) is 0.884. The summed E-state index contributed by atoms with van der Waals surface area (Å²) < 4.78 is 13.5. The first-order chi connectivity index (χ1) is 9.97. The first-order valence-electron chi connectivity index (χ1n) is 6.21. The zero-order valence-corrected chi connectivity index (χ0v) is 12.2. The minimum absolute atomic E-state index is 0.128. The standard InChI is InChI=1S/C15H10Cl2FNO2/c16-10-6-12-7(5-13(20)19-12)4-9(10)15(21)8-2-1-3-11(18)14(8)17/h1-4,6,15,21H,5H2,(H,19,20). The van der Waals surface area contributed by atoms with Crippen molar-refractivity contribution in [2.45, 2.75) is 12.5 Å². The van der Waals surface area contributed by atoms with Gasteiger partial charge in [-0.05, 0) is 23.8 Å². The molecule has 6 heteroatoms. The van der Waals surface area contributed by atoms with Gasteiger partial charge in [0.15, 0.2) is 0 Å². The van der Waals surface area contributed by atoms with Crippen LogP contribution in [0, 0.1) is 5.82 Å². The van der Waals surface area contributed by atoms with Crippen molar-refractivity contribution >= 4 is 34.8 Å². The maximum Gasteiger partial charge on any atom is 0.228 e. The summed E-state index contributed by atoms with van der Waals surface area (Å²) in [5.74, 6) is -0.737. The summed E-state index contributed by atoms with van der Waals surface area (Å²) in [7, 11) is 0. The van der Waals surface area contributed by atoms with Crippen molar-refractivity contribution in [3.05, 3.63) is 62.9 Å². The second-order valence-corrected chi connectivity index (χ2v) is 5.59. The number of aliphatic hydroxyl groups excluding tert-OH is 1. The summed E-state index contributed by atoms with van der Waals surface area (Å²) in [6.07, 6.45) is -0.940. The molecule has 2 aromatic carbocycles. The van der Waals surface area contributed by atoms with Crippen LogP contribution in [0.1, 0.15) is 22.8 Å². The Morgan fingerprint density at radius 3 is 2.76 bits per heavy atom. The fraction of sp³-hybridized carbons (Fsp3) is 0.133. The highest BCUT2D eigenvalue weighted by atomic mass is 35.5. The smallest absolute Gasteiger partial charge is 0.228 e. The number of carbonyl (C=O) groups is 1. The number of amides is 1. The second kappa shape index (κ2) is 5.30. The highest BCUT2D eigenvalue weighted by Crippen LogP contribution is 2.37. The van der Waals surface area contributed by atoms with Crippen molar-refractivity contribution < 1.29 is 14.3 Å². The number of benzene rings is 2. The van der Waals surface area contributed by atoms with Crippen molar-refractivity contribution in [3.63, 3.8) is 0 Å². The van der Waals surface area contributed by atoms with Crippen LogP contribution in [0.25, 0.3) is 0 Å². The Morgan fingerprint density at radius 2 is 2.00 bits per heavy atom. The molecular formula is C15H10Cl2FNO2. The van der Waals surface area contributed by atoms with Crippen LogP contribution in [0.2, 0.25) is 10.0 Å². The largest absolute Gasteiger partial charge is 0.384 e. The first-order valence-corrected chi connectivity index (χ1v) is 6.97. The fourth-order valence-corrected chi connectivity index (χ4v) is 2.87. The number of halogens is 3. The van der Waals surface area contributed by atoms with Crippen LogP contribution >= 0.6 is 23.2 Å². The van der Waals surface area contributed by atoms with Crippen LogP contribution in [-0.4, -0.2) is 11.0 Å². The fourth-order valence-electron chi connectivity index (χ4n) is 2.38. The molecule has 1 atom stereocenters. The molecule has 0 saturated heterocycles. The van der Waals surface area contributed by atoms with Gasteiger partial charge in [-0.1, -0.05) is 35.3 Å². The van der Waals surface area contributed by atoms with Gasteiger partial charge in [-0.3, -0.25) is 4.79 Å². The van der Waals surface area contributed by atoms with Gasteiger partial charge in [0.25, 0.3) is 0 Å². The minimum atomic E-state index is -1.17. The Balaban J connectivity index is 2.06. The zero-order chi connectivity index (χ0) is 15.1. The molecule has 1 amide bonds. The van der Waals surface area contributed by atoms with Gasteiger partial charge < -0.3 is 10.4 Å². The van der Waals surface area contributed by atoms with E-state index in [1.54, 1.807) is 12.1 Å². The normalized spacial score (nSPS) is 14.8. The Morgan fingerprint density at radius 1 is 1.24 bits per heavy atom. The van der Waals surface area contributed by atoms with E-state index in [0.29, 0.717) is 11.3 Å². The number of anilines is 1. The van der Waals surface area contributed by atoms with Crippen LogP contribution in [0.15, 0.2) is 30.3 Å². The molecule has 2 aromatic rings. The summed E-state index contributed by atoms with van der Waals surface area (Å²) in [6, 6.07) is 7.43. The number of fused-ring (bicyclic) bond motifs is 1. The van der Waals surface area contributed by atoms with Gasteiger partial charge in [0.2, 0.25) is 5.91 Å². The van der Waals surface area contributed by atoms with E-state index in [9.17, 15) is 14.3 Å². The van der Waals surface area contributed by atoms with E-state index < -0.39 is 11.9 Å². The van der Waals surface area contributed by atoms with E-state index in [2.05, 4.69) is 5.32 Å². The molecule has 0 fully saturated rings. The summed E-state index contributed by atoms with van der Waals surface area (Å²) in [6.45, 7) is 0. The minimum Gasteiger partial charge on any atom is -0.384 e. The van der Waals surface area contributed by atoms with Crippen LogP contribution < -0.4 is 5.32 Å². The van der Waals surface area contributed by atoms with Gasteiger partial charge in [0, 0.05) is 21.8 Å². The molecule has 0 radical (unpaired) electrons. The van der Waals surface area contributed by atoms with Crippen LogP contribution in [-0.2, 0) is 11.2 Å². The molecule has 1 aliphatic heterocycles. The molecule has 108 valence electrons. The van der Waals surface area contributed by atoms with E-state index in [4.69, 9.17) is 23.2 Å². The number of hydrogen-bond donors (Lipinski definition) is 2. The molecule has 0 aromatic heterocycles. The molecule has 0 spiro atoms. The predicted molar refractivity (Wildman–Crippen MR) is 79.3 cm³/mol. The highest BCUT2D eigenvalue weighted by Gasteiger charge is 2.24. The lowest BCUT2D eigenvalue weighted by molar-refractivity contribution is -0.115. The van der Waals surface area contributed by atoms with Crippen LogP contribution in [0.4, 0.5) is 10.1 Å². The molecule has 0 aliphatic carbocycles. The average Bonchev–Trinajstić information content (AvgIpc) is 2.79. The number of carbonyl (C=O) groups excluding carboxylic acids is 1. The number of aliphatic hydroxyl groups is 1. The Hall–Kier alpha value is -1.62. The van der Waals surface area contributed by atoms with Crippen LogP contribution in [0.5, 0.6) is 0 Å². The molecule has 1 unspecified atom stereocenters. The van der Waals surface area contributed by atoms with Crippen molar-refractivity contribution in [1.82, 2.24) is 0 Å². The monoisotopic (exact) mass is 325 g/mol. The summed E-state index contributed by atoms with van der Waals surface area (Å²) in [5, 5.41) is 13.2.